The van der Waals surface area contributed by atoms with E-state index in [1.165, 1.54) is 35.6 Å². The minimum Gasteiger partial charge on any atom is -0.475 e. The van der Waals surface area contributed by atoms with Crippen molar-refractivity contribution in [2.24, 2.45) is 0 Å². The third kappa shape index (κ3) is 10.2. The molecule has 0 bridgehead atoms. The molecule has 2 N–H and O–H groups in total. The van der Waals surface area contributed by atoms with Crippen LogP contribution in [0.2, 0.25) is 0 Å². The standard InChI is InChI=1S/C16H26N2OS.2C2HF3O2/c1-13-4-5-15(20-13)11-18-8-7-16(12-18)10-14(17(2)3)6-9-19-16;2*3-2(4,5)1(6)7/h4-5,14H,6-12H2,1-3H3;2*(H,6,7)/t14-,16-;;/m1../s1. The normalized spacial score (nSPS) is 23.2. The summed E-state index contributed by atoms with van der Waals surface area (Å²) in [6.07, 6.45) is -6.60. The van der Waals surface area contributed by atoms with Gasteiger partial charge in [-0.1, -0.05) is 0 Å². The first-order chi connectivity index (χ1) is 15.4. The topological polar surface area (TPSA) is 90.3 Å². The van der Waals surface area contributed by atoms with E-state index in [1.807, 2.05) is 11.3 Å². The van der Waals surface area contributed by atoms with Crippen LogP contribution >= 0.6 is 11.3 Å². The average Bonchev–Trinajstić information content (AvgIpc) is 3.27. The van der Waals surface area contributed by atoms with Gasteiger partial charge in [-0.05, 0) is 52.4 Å². The summed E-state index contributed by atoms with van der Waals surface area (Å²) in [4.78, 5) is 25.6. The number of carboxylic acid groups (broad SMARTS) is 2. The number of carboxylic acids is 2. The highest BCUT2D eigenvalue weighted by Crippen LogP contribution is 2.36. The molecule has 3 rings (SSSR count). The maximum atomic E-state index is 10.6. The molecule has 14 heteroatoms. The van der Waals surface area contributed by atoms with Crippen LogP contribution in [0.5, 0.6) is 0 Å². The monoisotopic (exact) mass is 522 g/mol. The van der Waals surface area contributed by atoms with E-state index in [9.17, 15) is 26.3 Å². The average molecular weight is 523 g/mol. The Kier molecular flexibility index (Phi) is 10.8. The summed E-state index contributed by atoms with van der Waals surface area (Å²) >= 11 is 1.92. The minimum absolute atomic E-state index is 0.124. The summed E-state index contributed by atoms with van der Waals surface area (Å²) in [5.74, 6) is -5.51. The number of hydrogen-bond donors (Lipinski definition) is 2. The molecule has 0 saturated carbocycles. The van der Waals surface area contributed by atoms with Gasteiger partial charge in [-0.25, -0.2) is 9.59 Å². The number of alkyl halides is 6. The molecule has 196 valence electrons. The van der Waals surface area contributed by atoms with Crippen LogP contribution in [0.4, 0.5) is 26.3 Å². The zero-order chi connectivity index (χ0) is 26.3. The first-order valence-corrected chi connectivity index (χ1v) is 10.9. The fourth-order valence-electron chi connectivity index (χ4n) is 3.58. The van der Waals surface area contributed by atoms with Crippen LogP contribution in [0, 0.1) is 6.92 Å². The van der Waals surface area contributed by atoms with Crippen molar-refractivity contribution < 1.29 is 50.9 Å². The SMILES string of the molecule is Cc1ccc(CN2CC[C@@]3(C[C@H](N(C)C)CCO3)C2)s1.O=C(O)C(F)(F)F.O=C(O)C(F)(F)F. The molecule has 0 unspecified atom stereocenters. The first kappa shape index (κ1) is 30.1. The molecular weight excluding hydrogens is 494 g/mol. The second-order valence-electron chi connectivity index (χ2n) is 8.22. The van der Waals surface area contributed by atoms with Crippen molar-refractivity contribution >= 4 is 23.3 Å². The third-order valence-corrected chi connectivity index (χ3v) is 6.24. The summed E-state index contributed by atoms with van der Waals surface area (Å²) in [5, 5.41) is 14.2. The van der Waals surface area contributed by atoms with Crippen molar-refractivity contribution in [3.63, 3.8) is 0 Å². The molecule has 1 aromatic rings. The lowest BCUT2D eigenvalue weighted by molar-refractivity contribution is -0.193. The molecule has 0 amide bonds. The molecule has 34 heavy (non-hydrogen) atoms. The number of likely N-dealkylation sites (tertiary alicyclic amines) is 1. The Morgan fingerprint density at radius 3 is 2.09 bits per heavy atom. The molecule has 1 spiro atoms. The van der Waals surface area contributed by atoms with Gasteiger partial charge in [-0.15, -0.1) is 11.3 Å². The van der Waals surface area contributed by atoms with E-state index in [0.717, 1.165) is 19.7 Å². The number of halogens is 6. The van der Waals surface area contributed by atoms with E-state index >= 15 is 0 Å². The van der Waals surface area contributed by atoms with E-state index < -0.39 is 24.3 Å². The van der Waals surface area contributed by atoms with Gasteiger partial charge in [0.05, 0.1) is 5.60 Å². The molecular formula is C20H28F6N2O5S. The first-order valence-electron chi connectivity index (χ1n) is 10.1. The highest BCUT2D eigenvalue weighted by atomic mass is 32.1. The Morgan fingerprint density at radius 1 is 1.15 bits per heavy atom. The van der Waals surface area contributed by atoms with Crippen molar-refractivity contribution in [1.29, 1.82) is 0 Å². The molecule has 2 saturated heterocycles. The van der Waals surface area contributed by atoms with E-state index in [-0.39, 0.29) is 5.60 Å². The van der Waals surface area contributed by atoms with Gasteiger partial charge in [0.1, 0.15) is 0 Å². The van der Waals surface area contributed by atoms with Crippen LogP contribution in [0.15, 0.2) is 12.1 Å². The van der Waals surface area contributed by atoms with Crippen molar-refractivity contribution in [3.8, 4) is 0 Å². The summed E-state index contributed by atoms with van der Waals surface area (Å²) in [5.41, 5.74) is 0.124. The molecule has 0 aromatic carbocycles. The summed E-state index contributed by atoms with van der Waals surface area (Å²) in [6.45, 7) is 6.49. The number of ether oxygens (including phenoxy) is 1. The smallest absolute Gasteiger partial charge is 0.475 e. The number of carbonyl (C=O) groups is 2. The Balaban J connectivity index is 0.000000343. The summed E-state index contributed by atoms with van der Waals surface area (Å²) in [7, 11) is 4.40. The maximum Gasteiger partial charge on any atom is 0.490 e. The van der Waals surface area contributed by atoms with Gasteiger partial charge in [-0.3, -0.25) is 4.90 Å². The van der Waals surface area contributed by atoms with E-state index in [4.69, 9.17) is 24.5 Å². The van der Waals surface area contributed by atoms with Gasteiger partial charge in [0.2, 0.25) is 0 Å². The van der Waals surface area contributed by atoms with Crippen molar-refractivity contribution in [3.05, 3.63) is 21.9 Å². The van der Waals surface area contributed by atoms with Crippen molar-refractivity contribution in [2.75, 3.05) is 33.8 Å². The maximum absolute atomic E-state index is 10.6. The molecule has 1 aromatic heterocycles. The Labute approximate surface area is 196 Å². The molecule has 7 nitrogen and oxygen atoms in total. The number of nitrogens with zero attached hydrogens (tertiary/aromatic N) is 2. The van der Waals surface area contributed by atoms with Crippen LogP contribution in [-0.4, -0.2) is 89.7 Å². The highest BCUT2D eigenvalue weighted by Gasteiger charge is 2.43. The summed E-state index contributed by atoms with van der Waals surface area (Å²) in [6, 6.07) is 5.19. The van der Waals surface area contributed by atoms with Gasteiger partial charge in [0, 0.05) is 42.0 Å². The third-order valence-electron chi connectivity index (χ3n) is 5.25. The Morgan fingerprint density at radius 2 is 1.68 bits per heavy atom. The molecule has 3 heterocycles. The van der Waals surface area contributed by atoms with Crippen LogP contribution in [-0.2, 0) is 20.9 Å². The molecule has 2 aliphatic heterocycles. The number of thiophene rings is 1. The Bertz CT molecular complexity index is 790. The number of aryl methyl sites for hydroxylation is 1. The minimum atomic E-state index is -5.08. The molecule has 2 fully saturated rings. The predicted octanol–water partition coefficient (Wildman–Crippen LogP) is 4.01. The zero-order valence-electron chi connectivity index (χ0n) is 18.9. The Hall–Kier alpha value is -1.90. The molecule has 0 aliphatic carbocycles. The largest absolute Gasteiger partial charge is 0.490 e. The van der Waals surface area contributed by atoms with Crippen LogP contribution < -0.4 is 0 Å². The quantitative estimate of drug-likeness (QED) is 0.580. The van der Waals surface area contributed by atoms with Gasteiger partial charge in [0.15, 0.2) is 0 Å². The predicted molar refractivity (Wildman–Crippen MR) is 112 cm³/mol. The lowest BCUT2D eigenvalue weighted by Gasteiger charge is -2.40. The van der Waals surface area contributed by atoms with Crippen molar-refractivity contribution in [2.45, 2.75) is 56.7 Å². The number of hydrogen-bond acceptors (Lipinski definition) is 6. The molecule has 0 radical (unpaired) electrons. The lowest BCUT2D eigenvalue weighted by Crippen LogP contribution is -2.48. The van der Waals surface area contributed by atoms with Gasteiger partial charge in [0.25, 0.3) is 0 Å². The summed E-state index contributed by atoms with van der Waals surface area (Å²) < 4.78 is 69.7. The van der Waals surface area contributed by atoms with Gasteiger partial charge < -0.3 is 19.8 Å². The number of rotatable bonds is 3. The second kappa shape index (κ2) is 12.2. The van der Waals surface area contributed by atoms with Crippen LogP contribution in [0.1, 0.15) is 29.0 Å². The van der Waals surface area contributed by atoms with E-state index in [1.54, 1.807) is 0 Å². The van der Waals surface area contributed by atoms with E-state index in [2.05, 4.69) is 43.0 Å². The van der Waals surface area contributed by atoms with Gasteiger partial charge >= 0.3 is 24.3 Å². The molecule has 2 aliphatic rings. The fourth-order valence-corrected chi connectivity index (χ4v) is 4.51. The van der Waals surface area contributed by atoms with E-state index in [0.29, 0.717) is 6.04 Å². The number of aliphatic carboxylic acids is 2. The van der Waals surface area contributed by atoms with Crippen molar-refractivity contribution in [1.82, 2.24) is 9.80 Å². The fraction of sp³-hybridized carbons (Fsp3) is 0.700. The highest BCUT2D eigenvalue weighted by molar-refractivity contribution is 7.11. The second-order valence-corrected chi connectivity index (χ2v) is 9.59. The zero-order valence-corrected chi connectivity index (χ0v) is 19.7. The van der Waals surface area contributed by atoms with Crippen LogP contribution in [0.3, 0.4) is 0 Å². The lowest BCUT2D eigenvalue weighted by atomic mass is 9.89. The molecule has 2 atom stereocenters. The van der Waals surface area contributed by atoms with Crippen LogP contribution in [0.25, 0.3) is 0 Å². The van der Waals surface area contributed by atoms with Gasteiger partial charge in [-0.2, -0.15) is 26.3 Å².